The third-order valence-electron chi connectivity index (χ3n) is 3.09. The normalized spacial score (nSPS) is 11.6. The Labute approximate surface area is 132 Å². The van der Waals surface area contributed by atoms with E-state index >= 15 is 0 Å². The number of azo groups is 1. The lowest BCUT2D eigenvalue weighted by molar-refractivity contribution is 1.08. The van der Waals surface area contributed by atoms with Gasteiger partial charge in [0.05, 0.1) is 15.7 Å². The SMILES string of the molecule is Cc1ccc2nc(C)c(N=Nc3c(Cl)cccc3Cl)n2c1. The predicted molar refractivity (Wildman–Crippen MR) is 85.3 cm³/mol. The Morgan fingerprint density at radius 1 is 1.00 bits per heavy atom. The Hall–Kier alpha value is -1.91. The second-order valence-electron chi connectivity index (χ2n) is 4.73. The Kier molecular flexibility index (Phi) is 3.66. The predicted octanol–water partition coefficient (Wildman–Crippen LogP) is 5.67. The van der Waals surface area contributed by atoms with Crippen LogP contribution in [0.1, 0.15) is 11.3 Å². The van der Waals surface area contributed by atoms with Crippen LogP contribution < -0.4 is 0 Å². The van der Waals surface area contributed by atoms with Gasteiger partial charge in [-0.05, 0) is 37.6 Å². The van der Waals surface area contributed by atoms with Gasteiger partial charge in [-0.1, -0.05) is 35.3 Å². The van der Waals surface area contributed by atoms with E-state index in [2.05, 4.69) is 15.2 Å². The number of benzene rings is 1. The van der Waals surface area contributed by atoms with Crippen molar-refractivity contribution in [2.24, 2.45) is 10.2 Å². The topological polar surface area (TPSA) is 42.0 Å². The van der Waals surface area contributed by atoms with E-state index in [1.54, 1.807) is 18.2 Å². The highest BCUT2D eigenvalue weighted by Gasteiger charge is 2.09. The zero-order valence-electron chi connectivity index (χ0n) is 11.5. The molecule has 0 amide bonds. The molecule has 1 aromatic carbocycles. The molecule has 21 heavy (non-hydrogen) atoms. The molecule has 6 heteroatoms. The molecule has 106 valence electrons. The first-order valence-corrected chi connectivity index (χ1v) is 7.13. The lowest BCUT2D eigenvalue weighted by Gasteiger charge is -2.00. The number of imidazole rings is 1. The molecule has 0 aliphatic carbocycles. The summed E-state index contributed by atoms with van der Waals surface area (Å²) in [7, 11) is 0. The van der Waals surface area contributed by atoms with Gasteiger partial charge in [-0.25, -0.2) is 4.98 Å². The molecule has 3 rings (SSSR count). The van der Waals surface area contributed by atoms with Gasteiger partial charge >= 0.3 is 0 Å². The van der Waals surface area contributed by atoms with Gasteiger partial charge in [0.2, 0.25) is 0 Å². The van der Waals surface area contributed by atoms with Crippen molar-refractivity contribution in [2.45, 2.75) is 13.8 Å². The van der Waals surface area contributed by atoms with Gasteiger partial charge in [0.15, 0.2) is 5.82 Å². The molecule has 0 saturated carbocycles. The second-order valence-corrected chi connectivity index (χ2v) is 5.54. The average Bonchev–Trinajstić information content (AvgIpc) is 2.74. The summed E-state index contributed by atoms with van der Waals surface area (Å²) in [5, 5.41) is 9.41. The van der Waals surface area contributed by atoms with Crippen LogP contribution in [0.25, 0.3) is 5.65 Å². The molecule has 0 fully saturated rings. The highest BCUT2D eigenvalue weighted by molar-refractivity contribution is 6.38. The summed E-state index contributed by atoms with van der Waals surface area (Å²) in [6, 6.07) is 9.19. The van der Waals surface area contributed by atoms with Crippen molar-refractivity contribution in [1.29, 1.82) is 0 Å². The molecule has 0 N–H and O–H groups in total. The van der Waals surface area contributed by atoms with E-state index in [9.17, 15) is 0 Å². The van der Waals surface area contributed by atoms with Crippen LogP contribution in [-0.2, 0) is 0 Å². The third kappa shape index (κ3) is 2.64. The van der Waals surface area contributed by atoms with Crippen LogP contribution in [-0.4, -0.2) is 9.38 Å². The van der Waals surface area contributed by atoms with Crippen molar-refractivity contribution in [2.75, 3.05) is 0 Å². The maximum atomic E-state index is 6.09. The fraction of sp³-hybridized carbons (Fsp3) is 0.133. The molecule has 0 unspecified atom stereocenters. The lowest BCUT2D eigenvalue weighted by atomic mass is 10.3. The number of hydrogen-bond acceptors (Lipinski definition) is 3. The standard InChI is InChI=1S/C15H12Cl2N4/c1-9-6-7-13-18-10(2)15(21(13)8-9)20-19-14-11(16)4-3-5-12(14)17/h3-8H,1-2H3. The van der Waals surface area contributed by atoms with Crippen LogP contribution in [0.2, 0.25) is 10.0 Å². The Balaban J connectivity index is 2.11. The summed E-state index contributed by atoms with van der Waals surface area (Å²) < 4.78 is 1.90. The zero-order valence-corrected chi connectivity index (χ0v) is 13.0. The van der Waals surface area contributed by atoms with E-state index < -0.39 is 0 Å². The fourth-order valence-corrected chi connectivity index (χ4v) is 2.53. The summed E-state index contributed by atoms with van der Waals surface area (Å²) in [6.45, 7) is 3.91. The molecule has 2 aromatic heterocycles. The molecule has 0 aliphatic rings. The van der Waals surface area contributed by atoms with Gasteiger partial charge in [0, 0.05) is 6.20 Å². The zero-order chi connectivity index (χ0) is 15.0. The quantitative estimate of drug-likeness (QED) is 0.561. The fourth-order valence-electron chi connectivity index (χ4n) is 2.06. The van der Waals surface area contributed by atoms with Crippen molar-refractivity contribution in [3.8, 4) is 0 Å². The molecular formula is C15H12Cl2N4. The van der Waals surface area contributed by atoms with E-state index in [1.807, 2.05) is 36.6 Å². The van der Waals surface area contributed by atoms with Crippen LogP contribution in [0.4, 0.5) is 11.5 Å². The van der Waals surface area contributed by atoms with E-state index in [0.717, 1.165) is 16.9 Å². The second kappa shape index (κ2) is 5.47. The van der Waals surface area contributed by atoms with Crippen LogP contribution in [0.5, 0.6) is 0 Å². The van der Waals surface area contributed by atoms with Crippen LogP contribution in [0.3, 0.4) is 0 Å². The van der Waals surface area contributed by atoms with E-state index in [1.165, 1.54) is 0 Å². The van der Waals surface area contributed by atoms with Crippen LogP contribution >= 0.6 is 23.2 Å². The Morgan fingerprint density at radius 2 is 1.71 bits per heavy atom. The Morgan fingerprint density at radius 3 is 2.43 bits per heavy atom. The minimum absolute atomic E-state index is 0.461. The number of aromatic nitrogens is 2. The van der Waals surface area contributed by atoms with Crippen molar-refractivity contribution in [1.82, 2.24) is 9.38 Å². The number of hydrogen-bond donors (Lipinski definition) is 0. The highest BCUT2D eigenvalue weighted by atomic mass is 35.5. The number of fused-ring (bicyclic) bond motifs is 1. The van der Waals surface area contributed by atoms with Gasteiger partial charge in [0.25, 0.3) is 0 Å². The lowest BCUT2D eigenvalue weighted by Crippen LogP contribution is -1.84. The number of nitrogens with zero attached hydrogens (tertiary/aromatic N) is 4. The van der Waals surface area contributed by atoms with Gasteiger partial charge in [0.1, 0.15) is 11.3 Å². The van der Waals surface area contributed by atoms with Crippen molar-refractivity contribution < 1.29 is 0 Å². The molecule has 0 bridgehead atoms. The number of rotatable bonds is 2. The number of pyridine rings is 1. The summed E-state index contributed by atoms with van der Waals surface area (Å²) in [6.07, 6.45) is 1.97. The van der Waals surface area contributed by atoms with Gasteiger partial charge in [-0.3, -0.25) is 4.40 Å². The maximum Gasteiger partial charge on any atom is 0.182 e. The van der Waals surface area contributed by atoms with Gasteiger partial charge < -0.3 is 0 Å². The first-order valence-electron chi connectivity index (χ1n) is 6.37. The molecule has 2 heterocycles. The summed E-state index contributed by atoms with van der Waals surface area (Å²) in [5.74, 6) is 0.671. The van der Waals surface area contributed by atoms with E-state index in [0.29, 0.717) is 21.6 Å². The summed E-state index contributed by atoms with van der Waals surface area (Å²) in [4.78, 5) is 4.45. The van der Waals surface area contributed by atoms with Gasteiger partial charge in [-0.2, -0.15) is 0 Å². The molecular weight excluding hydrogens is 307 g/mol. The molecule has 3 aromatic rings. The van der Waals surface area contributed by atoms with Crippen molar-refractivity contribution in [3.05, 3.63) is 57.8 Å². The molecule has 4 nitrogen and oxygen atoms in total. The monoisotopic (exact) mass is 318 g/mol. The molecule has 0 spiro atoms. The highest BCUT2D eigenvalue weighted by Crippen LogP contribution is 2.34. The maximum absolute atomic E-state index is 6.09. The minimum atomic E-state index is 0.461. The number of aryl methyl sites for hydroxylation is 2. The molecule has 0 radical (unpaired) electrons. The smallest absolute Gasteiger partial charge is 0.182 e. The van der Waals surface area contributed by atoms with Gasteiger partial charge in [-0.15, -0.1) is 10.2 Å². The van der Waals surface area contributed by atoms with Crippen molar-refractivity contribution >= 4 is 40.4 Å². The largest absolute Gasteiger partial charge is 0.283 e. The van der Waals surface area contributed by atoms with E-state index in [-0.39, 0.29) is 0 Å². The minimum Gasteiger partial charge on any atom is -0.283 e. The third-order valence-corrected chi connectivity index (χ3v) is 3.70. The Bertz CT molecular complexity index is 832. The molecule has 0 saturated heterocycles. The first kappa shape index (κ1) is 14.0. The number of halogens is 2. The molecule has 0 aliphatic heterocycles. The summed E-state index contributed by atoms with van der Waals surface area (Å²) >= 11 is 12.2. The average molecular weight is 319 g/mol. The van der Waals surface area contributed by atoms with E-state index in [4.69, 9.17) is 23.2 Å². The van der Waals surface area contributed by atoms with Crippen LogP contribution in [0.15, 0.2) is 46.8 Å². The van der Waals surface area contributed by atoms with Crippen LogP contribution in [0, 0.1) is 13.8 Å². The first-order chi connectivity index (χ1) is 10.1. The van der Waals surface area contributed by atoms with Crippen molar-refractivity contribution in [3.63, 3.8) is 0 Å². The summed E-state index contributed by atoms with van der Waals surface area (Å²) in [5.41, 5.74) is 3.21. The molecule has 0 atom stereocenters.